The Hall–Kier alpha value is -3.41. The topological polar surface area (TPSA) is 152 Å². The van der Waals surface area contributed by atoms with Crippen molar-refractivity contribution in [1.82, 2.24) is 0 Å². The van der Waals surface area contributed by atoms with E-state index < -0.39 is 37.3 Å². The van der Waals surface area contributed by atoms with Gasteiger partial charge in [-0.1, -0.05) is 12.1 Å². The maximum atomic E-state index is 12.9. The lowest BCUT2D eigenvalue weighted by atomic mass is 9.99. The number of rotatable bonds is 5. The zero-order chi connectivity index (χ0) is 24.0. The summed E-state index contributed by atoms with van der Waals surface area (Å²) in [4.78, 5) is 12.9. The second-order valence-corrected chi connectivity index (χ2v) is 7.94. The molecule has 10 heteroatoms. The summed E-state index contributed by atoms with van der Waals surface area (Å²) >= 11 is 0. The standard InChI is InChI=1S/C24H22O10/c1-30-17-8-14-15(26)9-16(33-22(14)13-5-6-31-23(13)17)11-3-2-4-12(7-11)32-24-21(29)20(28)19(27)18(10-25)34-24/h2-9,18-21,24-25,27-29H,10H2,1H3. The molecule has 34 heavy (non-hydrogen) atoms. The molecule has 1 aliphatic heterocycles. The molecule has 10 nitrogen and oxygen atoms in total. The first-order chi connectivity index (χ1) is 16.4. The zero-order valence-corrected chi connectivity index (χ0v) is 18.0. The van der Waals surface area contributed by atoms with Crippen molar-refractivity contribution in [3.63, 3.8) is 0 Å². The lowest BCUT2D eigenvalue weighted by Gasteiger charge is -2.39. The van der Waals surface area contributed by atoms with Crippen molar-refractivity contribution >= 4 is 21.9 Å². The molecule has 0 amide bonds. The van der Waals surface area contributed by atoms with Gasteiger partial charge in [-0.3, -0.25) is 4.79 Å². The molecule has 0 bridgehead atoms. The highest BCUT2D eigenvalue weighted by molar-refractivity contribution is 6.05. The van der Waals surface area contributed by atoms with E-state index in [1.165, 1.54) is 19.4 Å². The van der Waals surface area contributed by atoms with Gasteiger partial charge in [-0.15, -0.1) is 0 Å². The van der Waals surface area contributed by atoms with E-state index in [4.69, 9.17) is 23.0 Å². The molecule has 1 aliphatic rings. The van der Waals surface area contributed by atoms with Crippen molar-refractivity contribution in [3.05, 3.63) is 59.0 Å². The first-order valence-electron chi connectivity index (χ1n) is 10.5. The number of hydrogen-bond acceptors (Lipinski definition) is 10. The second-order valence-electron chi connectivity index (χ2n) is 7.94. The minimum atomic E-state index is -1.56. The molecular formula is C24H22O10. The highest BCUT2D eigenvalue weighted by Crippen LogP contribution is 2.35. The summed E-state index contributed by atoms with van der Waals surface area (Å²) in [5.41, 5.74) is 1.02. The summed E-state index contributed by atoms with van der Waals surface area (Å²) in [6.45, 7) is -0.569. The van der Waals surface area contributed by atoms with Crippen molar-refractivity contribution in [2.75, 3.05) is 13.7 Å². The smallest absolute Gasteiger partial charge is 0.229 e. The third kappa shape index (κ3) is 3.71. The Balaban J connectivity index is 1.51. The van der Waals surface area contributed by atoms with Gasteiger partial charge in [-0.25, -0.2) is 0 Å². The van der Waals surface area contributed by atoms with E-state index in [0.29, 0.717) is 33.3 Å². The van der Waals surface area contributed by atoms with Gasteiger partial charge in [0.05, 0.1) is 30.8 Å². The fourth-order valence-electron chi connectivity index (χ4n) is 4.03. The van der Waals surface area contributed by atoms with Crippen LogP contribution in [0, 0.1) is 0 Å². The number of furan rings is 1. The van der Waals surface area contributed by atoms with E-state index in [1.807, 2.05) is 0 Å². The SMILES string of the molecule is COc1cc2c(=O)cc(-c3cccc(OC4OC(CO)C(O)C(O)C4O)c3)oc2c2ccoc12. The summed E-state index contributed by atoms with van der Waals surface area (Å²) < 4.78 is 27.9. The first kappa shape index (κ1) is 22.4. The van der Waals surface area contributed by atoms with Gasteiger partial charge in [0.1, 0.15) is 41.5 Å². The lowest BCUT2D eigenvalue weighted by Crippen LogP contribution is -2.60. The normalized spacial score (nSPS) is 25.0. The van der Waals surface area contributed by atoms with Gasteiger partial charge in [0.2, 0.25) is 6.29 Å². The van der Waals surface area contributed by atoms with Crippen molar-refractivity contribution in [2.24, 2.45) is 0 Å². The Kier molecular flexibility index (Phi) is 5.76. The van der Waals surface area contributed by atoms with Crippen molar-refractivity contribution in [1.29, 1.82) is 0 Å². The van der Waals surface area contributed by atoms with Crippen LogP contribution < -0.4 is 14.9 Å². The molecule has 0 saturated carbocycles. The van der Waals surface area contributed by atoms with E-state index in [2.05, 4.69) is 0 Å². The molecule has 4 aromatic rings. The van der Waals surface area contributed by atoms with E-state index in [9.17, 15) is 25.2 Å². The molecule has 4 N–H and O–H groups in total. The summed E-state index contributed by atoms with van der Waals surface area (Å²) in [5, 5.41) is 40.4. The average Bonchev–Trinajstić information content (AvgIpc) is 3.34. The van der Waals surface area contributed by atoms with Gasteiger partial charge >= 0.3 is 0 Å². The average molecular weight is 470 g/mol. The molecule has 2 aromatic heterocycles. The van der Waals surface area contributed by atoms with Crippen LogP contribution >= 0.6 is 0 Å². The van der Waals surface area contributed by atoms with Crippen LogP contribution in [0.15, 0.2) is 62.4 Å². The zero-order valence-electron chi connectivity index (χ0n) is 18.0. The fourth-order valence-corrected chi connectivity index (χ4v) is 4.03. The third-order valence-corrected chi connectivity index (χ3v) is 5.83. The maximum absolute atomic E-state index is 12.9. The minimum Gasteiger partial charge on any atom is -0.493 e. The van der Waals surface area contributed by atoms with Crippen LogP contribution in [0.3, 0.4) is 0 Å². The van der Waals surface area contributed by atoms with E-state index in [1.54, 1.807) is 36.4 Å². The van der Waals surface area contributed by atoms with Gasteiger partial charge in [-0.2, -0.15) is 0 Å². The van der Waals surface area contributed by atoms with Crippen molar-refractivity contribution in [3.8, 4) is 22.8 Å². The van der Waals surface area contributed by atoms with Crippen LogP contribution in [0.1, 0.15) is 0 Å². The van der Waals surface area contributed by atoms with Crippen LogP contribution in [-0.4, -0.2) is 64.8 Å². The molecule has 5 unspecified atom stereocenters. The Labute approximate surface area is 192 Å². The molecule has 2 aromatic carbocycles. The predicted octanol–water partition coefficient (Wildman–Crippen LogP) is 1.39. The molecular weight excluding hydrogens is 448 g/mol. The van der Waals surface area contributed by atoms with E-state index in [-0.39, 0.29) is 16.9 Å². The van der Waals surface area contributed by atoms with Gasteiger partial charge in [-0.05, 0) is 24.3 Å². The molecule has 0 radical (unpaired) electrons. The largest absolute Gasteiger partial charge is 0.493 e. The molecule has 5 rings (SSSR count). The number of methoxy groups -OCH3 is 1. The highest BCUT2D eigenvalue weighted by atomic mass is 16.7. The van der Waals surface area contributed by atoms with Crippen LogP contribution in [0.2, 0.25) is 0 Å². The number of benzene rings is 2. The first-order valence-corrected chi connectivity index (χ1v) is 10.5. The predicted molar refractivity (Wildman–Crippen MR) is 119 cm³/mol. The molecule has 3 heterocycles. The van der Waals surface area contributed by atoms with Crippen LogP contribution in [0.5, 0.6) is 11.5 Å². The maximum Gasteiger partial charge on any atom is 0.229 e. The number of hydrogen-bond donors (Lipinski definition) is 4. The Morgan fingerprint density at radius 1 is 0.971 bits per heavy atom. The Bertz CT molecular complexity index is 1390. The van der Waals surface area contributed by atoms with Crippen molar-refractivity contribution < 1.29 is 43.5 Å². The van der Waals surface area contributed by atoms with Gasteiger partial charge in [0.25, 0.3) is 0 Å². The number of ether oxygens (including phenoxy) is 3. The molecule has 0 aliphatic carbocycles. The fraction of sp³-hybridized carbons (Fsp3) is 0.292. The van der Waals surface area contributed by atoms with Gasteiger partial charge in [0.15, 0.2) is 16.8 Å². The Morgan fingerprint density at radius 3 is 2.56 bits per heavy atom. The third-order valence-electron chi connectivity index (χ3n) is 5.83. The molecule has 0 spiro atoms. The number of aliphatic hydroxyl groups is 4. The van der Waals surface area contributed by atoms with E-state index >= 15 is 0 Å². The molecule has 5 atom stereocenters. The van der Waals surface area contributed by atoms with Crippen LogP contribution in [0.4, 0.5) is 0 Å². The number of aliphatic hydroxyl groups excluding tert-OH is 4. The number of fused-ring (bicyclic) bond motifs is 3. The lowest BCUT2D eigenvalue weighted by molar-refractivity contribution is -0.277. The second kappa shape index (κ2) is 8.75. The Morgan fingerprint density at radius 2 is 1.79 bits per heavy atom. The van der Waals surface area contributed by atoms with E-state index in [0.717, 1.165) is 0 Å². The van der Waals surface area contributed by atoms with Crippen LogP contribution in [-0.2, 0) is 4.74 Å². The summed E-state index contributed by atoms with van der Waals surface area (Å²) in [6, 6.07) is 11.1. The van der Waals surface area contributed by atoms with Crippen molar-refractivity contribution in [2.45, 2.75) is 30.7 Å². The highest BCUT2D eigenvalue weighted by Gasteiger charge is 2.44. The molecule has 178 valence electrons. The monoisotopic (exact) mass is 470 g/mol. The molecule has 1 fully saturated rings. The van der Waals surface area contributed by atoms with Gasteiger partial charge < -0.3 is 43.5 Å². The van der Waals surface area contributed by atoms with Crippen LogP contribution in [0.25, 0.3) is 33.3 Å². The quantitative estimate of drug-likeness (QED) is 0.337. The summed E-state index contributed by atoms with van der Waals surface area (Å²) in [5.74, 6) is 0.930. The van der Waals surface area contributed by atoms with Gasteiger partial charge in [0, 0.05) is 11.6 Å². The summed E-state index contributed by atoms with van der Waals surface area (Å²) in [7, 11) is 1.49. The summed E-state index contributed by atoms with van der Waals surface area (Å²) in [6.07, 6.45) is -5.56. The molecule has 1 saturated heterocycles. The minimum absolute atomic E-state index is 0.243.